The van der Waals surface area contributed by atoms with Gasteiger partial charge in [0.2, 0.25) is 5.91 Å². The minimum absolute atomic E-state index is 0.0346. The van der Waals surface area contributed by atoms with E-state index in [1.54, 1.807) is 11.3 Å². The Morgan fingerprint density at radius 2 is 2.04 bits per heavy atom. The first kappa shape index (κ1) is 17.1. The third-order valence-corrected chi connectivity index (χ3v) is 6.28. The molecule has 1 amide bonds. The second-order valence-electron chi connectivity index (χ2n) is 6.10. The molecule has 0 radical (unpaired) electrons. The number of hydrogen-bond acceptors (Lipinski definition) is 5. The van der Waals surface area contributed by atoms with E-state index in [1.165, 1.54) is 6.26 Å². The van der Waals surface area contributed by atoms with E-state index in [-0.39, 0.29) is 30.0 Å². The first-order valence-corrected chi connectivity index (χ1v) is 10.8. The molecule has 5 nitrogen and oxygen atoms in total. The Morgan fingerprint density at radius 1 is 1.29 bits per heavy atom. The summed E-state index contributed by atoms with van der Waals surface area (Å²) in [5, 5.41) is 3.74. The van der Waals surface area contributed by atoms with Gasteiger partial charge in [-0.3, -0.25) is 4.79 Å². The van der Waals surface area contributed by atoms with Gasteiger partial charge in [0.1, 0.15) is 9.84 Å². The molecule has 3 rings (SSSR count). The molecule has 128 valence electrons. The van der Waals surface area contributed by atoms with Crippen molar-refractivity contribution in [2.24, 2.45) is 5.92 Å². The van der Waals surface area contributed by atoms with E-state index in [2.05, 4.69) is 11.4 Å². The summed E-state index contributed by atoms with van der Waals surface area (Å²) >= 11 is 1.63. The van der Waals surface area contributed by atoms with Crippen molar-refractivity contribution in [2.75, 3.05) is 18.6 Å². The van der Waals surface area contributed by atoms with Gasteiger partial charge in [-0.2, -0.15) is 0 Å². The number of nitrogens with one attached hydrogen (secondary N) is 1. The molecule has 1 aromatic carbocycles. The lowest BCUT2D eigenvalue weighted by molar-refractivity contribution is -0.125. The van der Waals surface area contributed by atoms with Crippen LogP contribution in [0.4, 0.5) is 0 Å². The summed E-state index contributed by atoms with van der Waals surface area (Å²) in [6, 6.07) is 7.97. The van der Waals surface area contributed by atoms with Crippen molar-refractivity contribution in [1.82, 2.24) is 10.3 Å². The number of carbonyl (C=O) groups excluding carboxylic acids is 1. The highest BCUT2D eigenvalue weighted by molar-refractivity contribution is 7.90. The molecule has 0 bridgehead atoms. The zero-order valence-corrected chi connectivity index (χ0v) is 15.1. The minimum atomic E-state index is -3.07. The standard InChI is InChI=1S/C17H20N2O3S2/c1-24(21,22)11-10-18-16(20)12-6-2-3-7-13(12)17-19-14-8-4-5-9-15(14)23-17/h2-5,8-9,12-13H,6-7,10-11H2,1H3,(H,18,20)/t12-,13+/m1/s1. The van der Waals surface area contributed by atoms with Gasteiger partial charge in [0.25, 0.3) is 0 Å². The minimum Gasteiger partial charge on any atom is -0.355 e. The molecule has 0 fully saturated rings. The summed E-state index contributed by atoms with van der Waals surface area (Å²) in [7, 11) is -3.07. The van der Waals surface area contributed by atoms with Crippen molar-refractivity contribution < 1.29 is 13.2 Å². The zero-order chi connectivity index (χ0) is 17.2. The van der Waals surface area contributed by atoms with Gasteiger partial charge in [-0.1, -0.05) is 24.3 Å². The van der Waals surface area contributed by atoms with E-state index >= 15 is 0 Å². The lowest BCUT2D eigenvalue weighted by Crippen LogP contribution is -2.37. The highest BCUT2D eigenvalue weighted by Gasteiger charge is 2.32. The Hall–Kier alpha value is -1.73. The van der Waals surface area contributed by atoms with Gasteiger partial charge in [0, 0.05) is 18.7 Å². The molecule has 1 heterocycles. The highest BCUT2D eigenvalue weighted by Crippen LogP contribution is 2.38. The fourth-order valence-corrected chi connectivity index (χ4v) is 4.54. The number of thiazole rings is 1. The number of allylic oxidation sites excluding steroid dienone is 2. The van der Waals surface area contributed by atoms with Crippen LogP contribution in [0.2, 0.25) is 0 Å². The summed E-state index contributed by atoms with van der Waals surface area (Å²) in [5.41, 5.74) is 0.961. The second-order valence-corrected chi connectivity index (χ2v) is 9.42. The van der Waals surface area contributed by atoms with Crippen LogP contribution in [0.25, 0.3) is 10.2 Å². The molecule has 0 unspecified atom stereocenters. The Kier molecular flexibility index (Phi) is 5.01. The van der Waals surface area contributed by atoms with Crippen LogP contribution in [0.5, 0.6) is 0 Å². The largest absolute Gasteiger partial charge is 0.355 e. The maximum atomic E-state index is 12.5. The van der Waals surface area contributed by atoms with Crippen LogP contribution in [0.1, 0.15) is 23.8 Å². The SMILES string of the molecule is CS(=O)(=O)CCNC(=O)[C@@H]1CC=CC[C@@H]1c1nc2ccccc2s1. The number of rotatable bonds is 5. The van der Waals surface area contributed by atoms with Crippen LogP contribution in [0.15, 0.2) is 36.4 Å². The number of fused-ring (bicyclic) bond motifs is 1. The number of para-hydroxylation sites is 1. The maximum Gasteiger partial charge on any atom is 0.224 e. The molecular formula is C17H20N2O3S2. The molecule has 2 atom stereocenters. The summed E-state index contributed by atoms with van der Waals surface area (Å²) < 4.78 is 23.5. The number of hydrogen-bond donors (Lipinski definition) is 1. The van der Waals surface area contributed by atoms with Crippen molar-refractivity contribution in [3.63, 3.8) is 0 Å². The Bertz CT molecular complexity index is 838. The van der Waals surface area contributed by atoms with Gasteiger partial charge in [-0.25, -0.2) is 13.4 Å². The van der Waals surface area contributed by atoms with Crippen LogP contribution in [-0.2, 0) is 14.6 Å². The molecule has 24 heavy (non-hydrogen) atoms. The summed E-state index contributed by atoms with van der Waals surface area (Å²) in [5.74, 6) is -0.277. The van der Waals surface area contributed by atoms with Crippen molar-refractivity contribution >= 4 is 37.3 Å². The number of benzene rings is 1. The van der Waals surface area contributed by atoms with Gasteiger partial charge in [0.15, 0.2) is 0 Å². The van der Waals surface area contributed by atoms with E-state index in [4.69, 9.17) is 4.98 Å². The molecule has 0 saturated carbocycles. The van der Waals surface area contributed by atoms with Gasteiger partial charge < -0.3 is 5.32 Å². The number of aromatic nitrogens is 1. The zero-order valence-electron chi connectivity index (χ0n) is 13.4. The number of carbonyl (C=O) groups is 1. The molecular weight excluding hydrogens is 344 g/mol. The first-order chi connectivity index (χ1) is 11.4. The summed E-state index contributed by atoms with van der Waals surface area (Å²) in [6.07, 6.45) is 6.73. The molecule has 1 aliphatic carbocycles. The molecule has 7 heteroatoms. The molecule has 0 saturated heterocycles. The van der Waals surface area contributed by atoms with Gasteiger partial charge in [-0.05, 0) is 25.0 Å². The van der Waals surface area contributed by atoms with Crippen molar-refractivity contribution in [3.05, 3.63) is 41.4 Å². The topological polar surface area (TPSA) is 76.1 Å². The van der Waals surface area contributed by atoms with E-state index in [0.717, 1.165) is 21.6 Å². The molecule has 1 aromatic heterocycles. The van der Waals surface area contributed by atoms with Gasteiger partial charge in [-0.15, -0.1) is 11.3 Å². The van der Waals surface area contributed by atoms with E-state index in [0.29, 0.717) is 6.42 Å². The first-order valence-electron chi connectivity index (χ1n) is 7.90. The van der Waals surface area contributed by atoms with Crippen LogP contribution in [-0.4, -0.2) is 37.9 Å². The van der Waals surface area contributed by atoms with Crippen LogP contribution >= 0.6 is 11.3 Å². The van der Waals surface area contributed by atoms with Gasteiger partial charge in [0.05, 0.1) is 26.9 Å². The Labute approximate surface area is 145 Å². The summed E-state index contributed by atoms with van der Waals surface area (Å²) in [4.78, 5) is 17.2. The average Bonchev–Trinajstić information content (AvgIpc) is 2.97. The smallest absolute Gasteiger partial charge is 0.224 e. The molecule has 2 aromatic rings. The molecule has 1 N–H and O–H groups in total. The van der Waals surface area contributed by atoms with Gasteiger partial charge >= 0.3 is 0 Å². The highest BCUT2D eigenvalue weighted by atomic mass is 32.2. The molecule has 1 aliphatic rings. The Morgan fingerprint density at radius 3 is 2.79 bits per heavy atom. The maximum absolute atomic E-state index is 12.5. The van der Waals surface area contributed by atoms with Crippen LogP contribution in [0, 0.1) is 5.92 Å². The number of amides is 1. The van der Waals surface area contributed by atoms with Crippen LogP contribution < -0.4 is 5.32 Å². The lowest BCUT2D eigenvalue weighted by atomic mass is 9.82. The quantitative estimate of drug-likeness (QED) is 0.827. The molecule has 0 aliphatic heterocycles. The fourth-order valence-electron chi connectivity index (χ4n) is 2.92. The van der Waals surface area contributed by atoms with E-state index in [1.807, 2.05) is 30.3 Å². The third-order valence-electron chi connectivity index (χ3n) is 4.17. The van der Waals surface area contributed by atoms with Crippen molar-refractivity contribution in [1.29, 1.82) is 0 Å². The normalized spacial score (nSPS) is 21.0. The van der Waals surface area contributed by atoms with E-state index < -0.39 is 9.84 Å². The third kappa shape index (κ3) is 4.02. The lowest BCUT2D eigenvalue weighted by Gasteiger charge is -2.26. The van der Waals surface area contributed by atoms with Crippen molar-refractivity contribution in [3.8, 4) is 0 Å². The monoisotopic (exact) mass is 364 g/mol. The fraction of sp³-hybridized carbons (Fsp3) is 0.412. The average molecular weight is 364 g/mol. The predicted molar refractivity (Wildman–Crippen MR) is 96.9 cm³/mol. The number of sulfone groups is 1. The number of nitrogens with zero attached hydrogens (tertiary/aromatic N) is 1. The Balaban J connectivity index is 1.75. The second kappa shape index (κ2) is 7.03. The molecule has 0 spiro atoms. The van der Waals surface area contributed by atoms with Crippen molar-refractivity contribution in [2.45, 2.75) is 18.8 Å². The summed E-state index contributed by atoms with van der Waals surface area (Å²) in [6.45, 7) is 0.157. The predicted octanol–water partition coefficient (Wildman–Crippen LogP) is 2.51. The van der Waals surface area contributed by atoms with Crippen LogP contribution in [0.3, 0.4) is 0 Å². The van der Waals surface area contributed by atoms with E-state index in [9.17, 15) is 13.2 Å².